The standard InChI is InChI=1S/C16H22N2O.C2H2O4/c1-13-11-14(16(2,3)4)5-6-15(13)19-10-9-18-8-7-17-12-18;3-1(4)2(5)6/h5-8,11-12H,9-10H2,1-4H3;(H,3,4)(H,5,6). The van der Waals surface area contributed by atoms with Crippen molar-refractivity contribution in [3.63, 3.8) is 0 Å². The molecule has 0 aliphatic rings. The summed E-state index contributed by atoms with van der Waals surface area (Å²) in [5.74, 6) is -2.68. The van der Waals surface area contributed by atoms with Crippen LogP contribution in [0.3, 0.4) is 0 Å². The molecule has 2 aromatic rings. The van der Waals surface area contributed by atoms with E-state index in [-0.39, 0.29) is 5.41 Å². The predicted octanol–water partition coefficient (Wildman–Crippen LogP) is 2.72. The summed E-state index contributed by atoms with van der Waals surface area (Å²) < 4.78 is 7.84. The van der Waals surface area contributed by atoms with E-state index >= 15 is 0 Å². The van der Waals surface area contributed by atoms with E-state index in [4.69, 9.17) is 24.5 Å². The van der Waals surface area contributed by atoms with Gasteiger partial charge in [-0.1, -0.05) is 32.9 Å². The van der Waals surface area contributed by atoms with Crippen molar-refractivity contribution >= 4 is 11.9 Å². The molecule has 0 radical (unpaired) electrons. The van der Waals surface area contributed by atoms with Crippen LogP contribution in [0.25, 0.3) is 0 Å². The number of hydrogen-bond acceptors (Lipinski definition) is 4. The van der Waals surface area contributed by atoms with E-state index in [0.29, 0.717) is 6.61 Å². The zero-order valence-corrected chi connectivity index (χ0v) is 14.9. The van der Waals surface area contributed by atoms with Gasteiger partial charge in [-0.3, -0.25) is 0 Å². The van der Waals surface area contributed by atoms with E-state index in [1.807, 2.05) is 10.8 Å². The van der Waals surface area contributed by atoms with Gasteiger partial charge >= 0.3 is 11.9 Å². The van der Waals surface area contributed by atoms with Gasteiger partial charge in [-0.2, -0.15) is 0 Å². The Balaban J connectivity index is 0.000000450. The Bertz CT molecular complexity index is 691. The van der Waals surface area contributed by atoms with Crippen molar-refractivity contribution in [3.05, 3.63) is 48.0 Å². The quantitative estimate of drug-likeness (QED) is 0.824. The number of nitrogens with zero attached hydrogens (tertiary/aromatic N) is 2. The van der Waals surface area contributed by atoms with Gasteiger partial charge in [0.1, 0.15) is 12.4 Å². The van der Waals surface area contributed by atoms with E-state index in [9.17, 15) is 0 Å². The fourth-order valence-electron chi connectivity index (χ4n) is 1.96. The highest BCUT2D eigenvalue weighted by Crippen LogP contribution is 2.27. The summed E-state index contributed by atoms with van der Waals surface area (Å²) in [4.78, 5) is 22.2. The normalized spacial score (nSPS) is 10.6. The van der Waals surface area contributed by atoms with Crippen molar-refractivity contribution in [2.75, 3.05) is 6.61 Å². The van der Waals surface area contributed by atoms with Crippen LogP contribution >= 0.6 is 0 Å². The molecule has 0 saturated heterocycles. The summed E-state index contributed by atoms with van der Waals surface area (Å²) in [5, 5.41) is 14.8. The summed E-state index contributed by atoms with van der Waals surface area (Å²) in [6.45, 7) is 10.2. The first-order valence-electron chi connectivity index (χ1n) is 7.77. The smallest absolute Gasteiger partial charge is 0.414 e. The van der Waals surface area contributed by atoms with Crippen LogP contribution in [-0.2, 0) is 21.5 Å². The number of rotatable bonds is 4. The Hall–Kier alpha value is -2.83. The maximum Gasteiger partial charge on any atom is 0.414 e. The van der Waals surface area contributed by atoms with Crippen LogP contribution in [0.5, 0.6) is 5.75 Å². The SMILES string of the molecule is Cc1cc(C(C)(C)C)ccc1OCCn1ccnc1.O=C(O)C(=O)O. The second-order valence-electron chi connectivity index (χ2n) is 6.49. The first kappa shape index (κ1) is 20.2. The first-order valence-corrected chi connectivity index (χ1v) is 7.77. The minimum Gasteiger partial charge on any atom is -0.491 e. The fourth-order valence-corrected chi connectivity index (χ4v) is 1.96. The summed E-state index contributed by atoms with van der Waals surface area (Å²) in [6.07, 6.45) is 5.53. The lowest BCUT2D eigenvalue weighted by Crippen LogP contribution is -2.12. The van der Waals surface area contributed by atoms with Gasteiger partial charge in [-0.05, 0) is 29.5 Å². The summed E-state index contributed by atoms with van der Waals surface area (Å²) in [5.41, 5.74) is 2.71. The average Bonchev–Trinajstić information content (AvgIpc) is 3.01. The summed E-state index contributed by atoms with van der Waals surface area (Å²) >= 11 is 0. The largest absolute Gasteiger partial charge is 0.491 e. The molecule has 1 aromatic heterocycles. The lowest BCUT2D eigenvalue weighted by Gasteiger charge is -2.20. The van der Waals surface area contributed by atoms with E-state index in [1.165, 1.54) is 11.1 Å². The Kier molecular flexibility index (Phi) is 7.17. The molecule has 0 aliphatic heterocycles. The van der Waals surface area contributed by atoms with Crippen molar-refractivity contribution in [3.8, 4) is 5.75 Å². The third kappa shape index (κ3) is 7.07. The number of aryl methyl sites for hydroxylation is 1. The predicted molar refractivity (Wildman–Crippen MR) is 92.9 cm³/mol. The monoisotopic (exact) mass is 348 g/mol. The zero-order chi connectivity index (χ0) is 19.0. The lowest BCUT2D eigenvalue weighted by molar-refractivity contribution is -0.159. The molecule has 2 rings (SSSR count). The van der Waals surface area contributed by atoms with Crippen molar-refractivity contribution in [2.24, 2.45) is 0 Å². The third-order valence-electron chi connectivity index (χ3n) is 3.39. The first-order chi connectivity index (χ1) is 11.6. The van der Waals surface area contributed by atoms with Crippen LogP contribution in [0.1, 0.15) is 31.9 Å². The van der Waals surface area contributed by atoms with Crippen molar-refractivity contribution in [2.45, 2.75) is 39.7 Å². The van der Waals surface area contributed by atoms with Crippen LogP contribution in [-0.4, -0.2) is 38.3 Å². The van der Waals surface area contributed by atoms with Crippen molar-refractivity contribution < 1.29 is 24.5 Å². The molecule has 0 bridgehead atoms. The average molecular weight is 348 g/mol. The molecule has 1 heterocycles. The van der Waals surface area contributed by atoms with Gasteiger partial charge in [-0.25, -0.2) is 14.6 Å². The fraction of sp³-hybridized carbons (Fsp3) is 0.389. The Morgan fingerprint density at radius 2 is 1.84 bits per heavy atom. The molecule has 0 aliphatic carbocycles. The number of aliphatic carboxylic acids is 2. The molecule has 0 atom stereocenters. The maximum absolute atomic E-state index is 9.10. The highest BCUT2D eigenvalue weighted by atomic mass is 16.5. The molecule has 1 aromatic carbocycles. The molecular formula is C18H24N2O5. The number of carbonyl (C=O) groups is 2. The number of imidazole rings is 1. The number of benzene rings is 1. The molecule has 136 valence electrons. The van der Waals surface area contributed by atoms with Crippen LogP contribution in [0, 0.1) is 6.92 Å². The molecule has 0 spiro atoms. The lowest BCUT2D eigenvalue weighted by atomic mass is 9.86. The second kappa shape index (κ2) is 8.86. The Morgan fingerprint density at radius 1 is 1.20 bits per heavy atom. The number of aromatic nitrogens is 2. The minimum absolute atomic E-state index is 0.181. The summed E-state index contributed by atoms with van der Waals surface area (Å²) in [7, 11) is 0. The second-order valence-corrected chi connectivity index (χ2v) is 6.49. The van der Waals surface area contributed by atoms with Gasteiger partial charge < -0.3 is 19.5 Å². The van der Waals surface area contributed by atoms with Gasteiger partial charge in [0.25, 0.3) is 0 Å². The van der Waals surface area contributed by atoms with E-state index in [1.54, 1.807) is 12.5 Å². The molecule has 2 N–H and O–H groups in total. The van der Waals surface area contributed by atoms with Crippen molar-refractivity contribution in [1.29, 1.82) is 0 Å². The number of carboxylic acid groups (broad SMARTS) is 2. The molecule has 0 unspecified atom stereocenters. The minimum atomic E-state index is -1.82. The van der Waals surface area contributed by atoms with Crippen LogP contribution in [0.15, 0.2) is 36.9 Å². The topological polar surface area (TPSA) is 102 Å². The van der Waals surface area contributed by atoms with E-state index in [2.05, 4.69) is 50.9 Å². The molecule has 25 heavy (non-hydrogen) atoms. The molecule has 0 amide bonds. The number of carboxylic acids is 2. The maximum atomic E-state index is 9.10. The van der Waals surface area contributed by atoms with E-state index < -0.39 is 11.9 Å². The molecule has 0 saturated carbocycles. The van der Waals surface area contributed by atoms with Gasteiger partial charge in [0.2, 0.25) is 0 Å². The summed E-state index contributed by atoms with van der Waals surface area (Å²) in [6, 6.07) is 6.44. The van der Waals surface area contributed by atoms with Gasteiger partial charge in [-0.15, -0.1) is 0 Å². The van der Waals surface area contributed by atoms with Crippen LogP contribution < -0.4 is 4.74 Å². The van der Waals surface area contributed by atoms with Gasteiger partial charge in [0, 0.05) is 12.4 Å². The Morgan fingerprint density at radius 3 is 2.28 bits per heavy atom. The van der Waals surface area contributed by atoms with Crippen LogP contribution in [0.4, 0.5) is 0 Å². The van der Waals surface area contributed by atoms with Crippen LogP contribution in [0.2, 0.25) is 0 Å². The number of hydrogen-bond donors (Lipinski definition) is 2. The molecule has 7 nitrogen and oxygen atoms in total. The van der Waals surface area contributed by atoms with Gasteiger partial charge in [0.15, 0.2) is 0 Å². The number of ether oxygens (including phenoxy) is 1. The van der Waals surface area contributed by atoms with Crippen molar-refractivity contribution in [1.82, 2.24) is 9.55 Å². The molecule has 0 fully saturated rings. The molecule has 7 heteroatoms. The van der Waals surface area contributed by atoms with E-state index in [0.717, 1.165) is 12.3 Å². The highest BCUT2D eigenvalue weighted by molar-refractivity contribution is 6.27. The Labute approximate surface area is 146 Å². The van der Waals surface area contributed by atoms with Gasteiger partial charge in [0.05, 0.1) is 12.9 Å². The highest BCUT2D eigenvalue weighted by Gasteiger charge is 2.14. The molecular weight excluding hydrogens is 324 g/mol. The zero-order valence-electron chi connectivity index (χ0n) is 14.9. The third-order valence-corrected chi connectivity index (χ3v) is 3.39.